The summed E-state index contributed by atoms with van der Waals surface area (Å²) in [4.78, 5) is 18.5. The first-order chi connectivity index (χ1) is 11.2. The molecule has 0 aromatic carbocycles. The molecule has 1 fully saturated rings. The van der Waals surface area contributed by atoms with Gasteiger partial charge >= 0.3 is 0 Å². The quantitative estimate of drug-likeness (QED) is 0.767. The number of hydrogen-bond donors (Lipinski definition) is 0. The number of carbonyl (C=O) groups is 1. The van der Waals surface area contributed by atoms with Crippen LogP contribution in [0.2, 0.25) is 5.15 Å². The van der Waals surface area contributed by atoms with Crippen LogP contribution in [0.15, 0.2) is 30.7 Å². The first kappa shape index (κ1) is 16.3. The fourth-order valence-corrected chi connectivity index (χ4v) is 2.97. The lowest BCUT2D eigenvalue weighted by Gasteiger charge is -2.21. The Labute approximate surface area is 145 Å². The predicted molar refractivity (Wildman–Crippen MR) is 94.4 cm³/mol. The average Bonchev–Trinajstić information content (AvgIpc) is 3.32. The minimum Gasteiger partial charge on any atom is -0.308 e. The molecule has 2 heterocycles. The molecule has 23 heavy (non-hydrogen) atoms. The SMILES string of the molecule is CSCCC(=O)N(CC1CC1)c1cn(-c2cccnc2)nc1Cl. The van der Waals surface area contributed by atoms with Crippen molar-refractivity contribution in [1.29, 1.82) is 0 Å². The summed E-state index contributed by atoms with van der Waals surface area (Å²) >= 11 is 7.99. The second-order valence-electron chi connectivity index (χ2n) is 5.65. The Morgan fingerprint density at radius 1 is 1.52 bits per heavy atom. The van der Waals surface area contributed by atoms with Gasteiger partial charge in [0.15, 0.2) is 5.15 Å². The molecule has 1 saturated carbocycles. The summed E-state index contributed by atoms with van der Waals surface area (Å²) in [6, 6.07) is 3.75. The first-order valence-electron chi connectivity index (χ1n) is 7.64. The summed E-state index contributed by atoms with van der Waals surface area (Å²) < 4.78 is 1.67. The van der Waals surface area contributed by atoms with E-state index in [1.54, 1.807) is 33.7 Å². The summed E-state index contributed by atoms with van der Waals surface area (Å²) in [6.45, 7) is 0.728. The van der Waals surface area contributed by atoms with Gasteiger partial charge in [-0.15, -0.1) is 0 Å². The largest absolute Gasteiger partial charge is 0.308 e. The summed E-state index contributed by atoms with van der Waals surface area (Å²) in [5, 5.41) is 4.69. The van der Waals surface area contributed by atoms with Crippen molar-refractivity contribution in [3.05, 3.63) is 35.9 Å². The van der Waals surface area contributed by atoms with E-state index < -0.39 is 0 Å². The van der Waals surface area contributed by atoms with E-state index >= 15 is 0 Å². The number of rotatable bonds is 7. The second-order valence-corrected chi connectivity index (χ2v) is 7.00. The smallest absolute Gasteiger partial charge is 0.227 e. The van der Waals surface area contributed by atoms with Gasteiger partial charge in [-0.05, 0) is 37.1 Å². The van der Waals surface area contributed by atoms with Crippen molar-refractivity contribution < 1.29 is 4.79 Å². The second kappa shape index (κ2) is 7.36. The highest BCUT2D eigenvalue weighted by atomic mass is 35.5. The number of halogens is 1. The average molecular weight is 351 g/mol. The lowest BCUT2D eigenvalue weighted by atomic mass is 10.3. The van der Waals surface area contributed by atoms with Crippen LogP contribution in [0.4, 0.5) is 5.69 Å². The molecule has 122 valence electrons. The molecular formula is C16H19ClN4OS. The van der Waals surface area contributed by atoms with Gasteiger partial charge in [0.25, 0.3) is 0 Å². The third-order valence-corrected chi connectivity index (χ3v) is 4.69. The van der Waals surface area contributed by atoms with E-state index in [1.165, 1.54) is 12.8 Å². The fourth-order valence-electron chi connectivity index (χ4n) is 2.36. The van der Waals surface area contributed by atoms with Crippen LogP contribution >= 0.6 is 23.4 Å². The van der Waals surface area contributed by atoms with E-state index in [2.05, 4.69) is 10.1 Å². The third kappa shape index (κ3) is 4.06. The van der Waals surface area contributed by atoms with E-state index in [-0.39, 0.29) is 5.91 Å². The van der Waals surface area contributed by atoms with E-state index in [4.69, 9.17) is 11.6 Å². The Hall–Kier alpha value is -1.53. The van der Waals surface area contributed by atoms with Gasteiger partial charge in [-0.1, -0.05) is 11.6 Å². The fraction of sp³-hybridized carbons (Fsp3) is 0.438. The topological polar surface area (TPSA) is 51.0 Å². The van der Waals surface area contributed by atoms with Crippen LogP contribution in [0.1, 0.15) is 19.3 Å². The number of carbonyl (C=O) groups excluding carboxylic acids is 1. The Balaban J connectivity index is 1.86. The number of pyridine rings is 1. The molecule has 0 saturated heterocycles. The van der Waals surface area contributed by atoms with Crippen LogP contribution in [0.3, 0.4) is 0 Å². The molecule has 0 spiro atoms. The van der Waals surface area contributed by atoms with Crippen LogP contribution in [-0.2, 0) is 4.79 Å². The lowest BCUT2D eigenvalue weighted by Crippen LogP contribution is -2.33. The Kier molecular flexibility index (Phi) is 5.23. The number of hydrogen-bond acceptors (Lipinski definition) is 4. The molecule has 0 bridgehead atoms. The molecule has 3 rings (SSSR count). The number of amides is 1. The normalized spacial score (nSPS) is 14.0. The number of thioether (sulfide) groups is 1. The molecule has 1 amide bonds. The van der Waals surface area contributed by atoms with Gasteiger partial charge < -0.3 is 4.90 Å². The molecule has 5 nitrogen and oxygen atoms in total. The zero-order chi connectivity index (χ0) is 16.2. The maximum absolute atomic E-state index is 12.6. The molecule has 1 aliphatic rings. The molecule has 7 heteroatoms. The summed E-state index contributed by atoms with van der Waals surface area (Å²) in [5.41, 5.74) is 1.51. The molecule has 0 aliphatic heterocycles. The van der Waals surface area contributed by atoms with Gasteiger partial charge in [0, 0.05) is 24.9 Å². The standard InChI is InChI=1S/C16H19ClN4OS/c1-23-8-6-15(22)20(10-12-4-5-12)14-11-21(19-16(14)17)13-3-2-7-18-9-13/h2-3,7,9,11-12H,4-6,8,10H2,1H3. The maximum Gasteiger partial charge on any atom is 0.227 e. The number of nitrogens with zero attached hydrogens (tertiary/aromatic N) is 4. The summed E-state index contributed by atoms with van der Waals surface area (Å²) in [5.74, 6) is 1.51. The van der Waals surface area contributed by atoms with Crippen molar-refractivity contribution in [3.8, 4) is 5.69 Å². The highest BCUT2D eigenvalue weighted by molar-refractivity contribution is 7.98. The van der Waals surface area contributed by atoms with Crippen LogP contribution in [0.25, 0.3) is 5.69 Å². The Morgan fingerprint density at radius 3 is 3.00 bits per heavy atom. The van der Waals surface area contributed by atoms with E-state index in [0.717, 1.165) is 18.0 Å². The molecule has 2 aromatic heterocycles. The van der Waals surface area contributed by atoms with Gasteiger partial charge in [0.2, 0.25) is 5.91 Å². The van der Waals surface area contributed by atoms with Crippen molar-refractivity contribution >= 4 is 35.0 Å². The van der Waals surface area contributed by atoms with Crippen molar-refractivity contribution in [2.45, 2.75) is 19.3 Å². The van der Waals surface area contributed by atoms with Gasteiger partial charge in [0.1, 0.15) is 5.69 Å². The zero-order valence-corrected chi connectivity index (χ0v) is 14.6. The van der Waals surface area contributed by atoms with E-state index in [1.807, 2.05) is 24.6 Å². The Bertz CT molecular complexity index is 672. The minimum atomic E-state index is 0.110. The van der Waals surface area contributed by atoms with Crippen LogP contribution in [-0.4, -0.2) is 39.2 Å². The lowest BCUT2D eigenvalue weighted by molar-refractivity contribution is -0.118. The van der Waals surface area contributed by atoms with E-state index in [9.17, 15) is 4.79 Å². The molecule has 1 aliphatic carbocycles. The number of anilines is 1. The van der Waals surface area contributed by atoms with Gasteiger partial charge in [-0.2, -0.15) is 16.9 Å². The van der Waals surface area contributed by atoms with Crippen molar-refractivity contribution in [1.82, 2.24) is 14.8 Å². The number of aromatic nitrogens is 3. The van der Waals surface area contributed by atoms with Gasteiger partial charge in [-0.3, -0.25) is 9.78 Å². The Morgan fingerprint density at radius 2 is 2.35 bits per heavy atom. The van der Waals surface area contributed by atoms with Crippen LogP contribution in [0.5, 0.6) is 0 Å². The van der Waals surface area contributed by atoms with Crippen molar-refractivity contribution in [2.24, 2.45) is 5.92 Å². The molecular weight excluding hydrogens is 332 g/mol. The van der Waals surface area contributed by atoms with Gasteiger partial charge in [0.05, 0.1) is 18.1 Å². The monoisotopic (exact) mass is 350 g/mol. The highest BCUT2D eigenvalue weighted by Gasteiger charge is 2.29. The molecule has 0 unspecified atom stereocenters. The highest BCUT2D eigenvalue weighted by Crippen LogP contribution is 2.34. The molecule has 0 atom stereocenters. The third-order valence-electron chi connectivity index (χ3n) is 3.81. The molecule has 0 N–H and O–H groups in total. The predicted octanol–water partition coefficient (Wildman–Crippen LogP) is 3.42. The van der Waals surface area contributed by atoms with Crippen LogP contribution < -0.4 is 4.90 Å². The molecule has 2 aromatic rings. The zero-order valence-electron chi connectivity index (χ0n) is 13.0. The van der Waals surface area contributed by atoms with Crippen LogP contribution in [0, 0.1) is 5.92 Å². The van der Waals surface area contributed by atoms with Gasteiger partial charge in [-0.25, -0.2) is 4.68 Å². The van der Waals surface area contributed by atoms with Crippen molar-refractivity contribution in [2.75, 3.05) is 23.5 Å². The summed E-state index contributed by atoms with van der Waals surface area (Å²) in [6.07, 6.45) is 10.1. The maximum atomic E-state index is 12.6. The summed E-state index contributed by atoms with van der Waals surface area (Å²) in [7, 11) is 0. The van der Waals surface area contributed by atoms with E-state index in [0.29, 0.717) is 23.2 Å². The van der Waals surface area contributed by atoms with Crippen molar-refractivity contribution in [3.63, 3.8) is 0 Å². The minimum absolute atomic E-state index is 0.110. The first-order valence-corrected chi connectivity index (χ1v) is 9.41. The molecule has 0 radical (unpaired) electrons.